The first-order valence-electron chi connectivity index (χ1n) is 7.48. The van der Waals surface area contributed by atoms with Crippen molar-refractivity contribution in [2.75, 3.05) is 0 Å². The number of benzene rings is 1. The SMILES string of the molecule is CC(=O)N(Cc1nccn1C)[C@@H]1CCCc2ccccc21. The van der Waals surface area contributed by atoms with Gasteiger partial charge in [0, 0.05) is 26.4 Å². The normalized spacial score (nSPS) is 17.3. The van der Waals surface area contributed by atoms with Crippen LogP contribution < -0.4 is 0 Å². The van der Waals surface area contributed by atoms with E-state index in [-0.39, 0.29) is 11.9 Å². The highest BCUT2D eigenvalue weighted by Crippen LogP contribution is 2.34. The van der Waals surface area contributed by atoms with Crippen molar-refractivity contribution in [3.05, 3.63) is 53.6 Å². The summed E-state index contributed by atoms with van der Waals surface area (Å²) in [6.07, 6.45) is 6.97. The first kappa shape index (κ1) is 13.9. The van der Waals surface area contributed by atoms with E-state index < -0.39 is 0 Å². The molecule has 1 aromatic heterocycles. The van der Waals surface area contributed by atoms with Crippen LogP contribution in [0, 0.1) is 0 Å². The Morgan fingerprint density at radius 3 is 2.95 bits per heavy atom. The number of aromatic nitrogens is 2. The number of imidazole rings is 1. The van der Waals surface area contributed by atoms with E-state index in [1.807, 2.05) is 22.7 Å². The van der Waals surface area contributed by atoms with Gasteiger partial charge in [-0.15, -0.1) is 0 Å². The van der Waals surface area contributed by atoms with Gasteiger partial charge in [-0.1, -0.05) is 24.3 Å². The molecule has 3 rings (SSSR count). The number of nitrogens with zero attached hydrogens (tertiary/aromatic N) is 3. The molecule has 0 spiro atoms. The van der Waals surface area contributed by atoms with E-state index >= 15 is 0 Å². The Hall–Kier alpha value is -2.10. The molecular formula is C17H21N3O. The predicted molar refractivity (Wildman–Crippen MR) is 81.6 cm³/mol. The molecule has 0 saturated carbocycles. The molecule has 1 heterocycles. The predicted octanol–water partition coefficient (Wildman–Crippen LogP) is 2.85. The number of carbonyl (C=O) groups excluding carboxylic acids is 1. The van der Waals surface area contributed by atoms with Crippen molar-refractivity contribution in [1.29, 1.82) is 0 Å². The van der Waals surface area contributed by atoms with Gasteiger partial charge in [-0.25, -0.2) is 4.98 Å². The summed E-state index contributed by atoms with van der Waals surface area (Å²) >= 11 is 0. The zero-order valence-corrected chi connectivity index (χ0v) is 12.6. The van der Waals surface area contributed by atoms with Crippen molar-refractivity contribution < 1.29 is 4.79 Å². The van der Waals surface area contributed by atoms with Crippen LogP contribution in [-0.4, -0.2) is 20.4 Å². The van der Waals surface area contributed by atoms with Crippen LogP contribution in [0.1, 0.15) is 42.8 Å². The second-order valence-corrected chi connectivity index (χ2v) is 5.71. The fourth-order valence-electron chi connectivity index (χ4n) is 3.19. The fraction of sp³-hybridized carbons (Fsp3) is 0.412. The van der Waals surface area contributed by atoms with Crippen LogP contribution in [0.5, 0.6) is 0 Å². The maximum atomic E-state index is 12.2. The Morgan fingerprint density at radius 1 is 1.43 bits per heavy atom. The third-order valence-corrected chi connectivity index (χ3v) is 4.35. The molecule has 1 aliphatic carbocycles. The highest BCUT2D eigenvalue weighted by molar-refractivity contribution is 5.74. The number of carbonyl (C=O) groups is 1. The first-order valence-corrected chi connectivity index (χ1v) is 7.48. The minimum Gasteiger partial charge on any atom is -0.337 e. The molecule has 1 atom stereocenters. The summed E-state index contributed by atoms with van der Waals surface area (Å²) in [6, 6.07) is 8.66. The van der Waals surface area contributed by atoms with Crippen molar-refractivity contribution in [2.24, 2.45) is 7.05 Å². The van der Waals surface area contributed by atoms with Gasteiger partial charge in [0.25, 0.3) is 0 Å². The van der Waals surface area contributed by atoms with Crippen LogP contribution >= 0.6 is 0 Å². The van der Waals surface area contributed by atoms with Crippen LogP contribution in [0.2, 0.25) is 0 Å². The molecule has 110 valence electrons. The third kappa shape index (κ3) is 2.71. The fourth-order valence-corrected chi connectivity index (χ4v) is 3.19. The quantitative estimate of drug-likeness (QED) is 0.868. The molecule has 0 bridgehead atoms. The zero-order chi connectivity index (χ0) is 14.8. The molecule has 1 aromatic carbocycles. The highest BCUT2D eigenvalue weighted by Gasteiger charge is 2.28. The molecule has 0 aliphatic heterocycles. The number of hydrogen-bond acceptors (Lipinski definition) is 2. The maximum Gasteiger partial charge on any atom is 0.220 e. The lowest BCUT2D eigenvalue weighted by atomic mass is 9.86. The zero-order valence-electron chi connectivity index (χ0n) is 12.6. The van der Waals surface area contributed by atoms with E-state index in [2.05, 4.69) is 29.2 Å². The number of fused-ring (bicyclic) bond motifs is 1. The lowest BCUT2D eigenvalue weighted by Gasteiger charge is -2.35. The Labute approximate surface area is 125 Å². The molecule has 0 saturated heterocycles. The molecule has 0 fully saturated rings. The minimum atomic E-state index is 0.111. The number of aryl methyl sites for hydroxylation is 2. The van der Waals surface area contributed by atoms with Crippen LogP contribution in [0.3, 0.4) is 0 Å². The van der Waals surface area contributed by atoms with E-state index in [0.717, 1.165) is 25.1 Å². The van der Waals surface area contributed by atoms with E-state index in [0.29, 0.717) is 6.54 Å². The van der Waals surface area contributed by atoms with Gasteiger partial charge in [0.1, 0.15) is 5.82 Å². The molecule has 0 unspecified atom stereocenters. The number of hydrogen-bond donors (Lipinski definition) is 0. The summed E-state index contributed by atoms with van der Waals surface area (Å²) in [5, 5.41) is 0. The molecule has 21 heavy (non-hydrogen) atoms. The second-order valence-electron chi connectivity index (χ2n) is 5.71. The van der Waals surface area contributed by atoms with Gasteiger partial charge in [0.15, 0.2) is 0 Å². The Bertz CT molecular complexity index is 647. The molecule has 0 radical (unpaired) electrons. The van der Waals surface area contributed by atoms with Gasteiger partial charge >= 0.3 is 0 Å². The summed E-state index contributed by atoms with van der Waals surface area (Å²) < 4.78 is 1.98. The molecule has 1 aliphatic rings. The standard InChI is InChI=1S/C17H21N3O/c1-13(21)20(12-17-18-10-11-19(17)2)16-9-5-7-14-6-3-4-8-15(14)16/h3-4,6,8,10-11,16H,5,7,9,12H2,1-2H3/t16-/m1/s1. The van der Waals surface area contributed by atoms with Gasteiger partial charge in [-0.3, -0.25) is 4.79 Å². The molecule has 4 nitrogen and oxygen atoms in total. The highest BCUT2D eigenvalue weighted by atomic mass is 16.2. The molecule has 2 aromatic rings. The summed E-state index contributed by atoms with van der Waals surface area (Å²) in [7, 11) is 1.97. The molecule has 1 amide bonds. The molecule has 4 heteroatoms. The summed E-state index contributed by atoms with van der Waals surface area (Å²) in [5.74, 6) is 1.04. The van der Waals surface area contributed by atoms with E-state index in [1.54, 1.807) is 13.1 Å². The van der Waals surface area contributed by atoms with Gasteiger partial charge in [-0.2, -0.15) is 0 Å². The monoisotopic (exact) mass is 283 g/mol. The van der Waals surface area contributed by atoms with Crippen molar-refractivity contribution in [2.45, 2.75) is 38.8 Å². The first-order chi connectivity index (χ1) is 10.2. The Balaban J connectivity index is 1.92. The topological polar surface area (TPSA) is 38.1 Å². The Kier molecular flexibility index (Phi) is 3.78. The van der Waals surface area contributed by atoms with Gasteiger partial charge in [0.05, 0.1) is 12.6 Å². The summed E-state index contributed by atoms with van der Waals surface area (Å²) in [5.41, 5.74) is 2.67. The van der Waals surface area contributed by atoms with E-state index in [4.69, 9.17) is 0 Å². The lowest BCUT2D eigenvalue weighted by Crippen LogP contribution is -2.35. The van der Waals surface area contributed by atoms with Crippen molar-refractivity contribution in [3.8, 4) is 0 Å². The van der Waals surface area contributed by atoms with Crippen LogP contribution in [0.4, 0.5) is 0 Å². The van der Waals surface area contributed by atoms with Crippen LogP contribution in [0.25, 0.3) is 0 Å². The van der Waals surface area contributed by atoms with E-state index in [9.17, 15) is 4.79 Å². The minimum absolute atomic E-state index is 0.111. The van der Waals surface area contributed by atoms with Crippen LogP contribution in [-0.2, 0) is 24.8 Å². The molecule has 0 N–H and O–H groups in total. The van der Waals surface area contributed by atoms with Gasteiger partial charge in [0.2, 0.25) is 5.91 Å². The van der Waals surface area contributed by atoms with Crippen LogP contribution in [0.15, 0.2) is 36.7 Å². The number of amides is 1. The Morgan fingerprint density at radius 2 is 2.24 bits per heavy atom. The smallest absolute Gasteiger partial charge is 0.220 e. The largest absolute Gasteiger partial charge is 0.337 e. The van der Waals surface area contributed by atoms with Gasteiger partial charge < -0.3 is 9.47 Å². The summed E-state index contributed by atoms with van der Waals surface area (Å²) in [6.45, 7) is 2.22. The average Bonchev–Trinajstić information content (AvgIpc) is 2.89. The third-order valence-electron chi connectivity index (χ3n) is 4.35. The van der Waals surface area contributed by atoms with Gasteiger partial charge in [-0.05, 0) is 30.4 Å². The average molecular weight is 283 g/mol. The van der Waals surface area contributed by atoms with Crippen molar-refractivity contribution in [3.63, 3.8) is 0 Å². The molecular weight excluding hydrogens is 262 g/mol. The van der Waals surface area contributed by atoms with Crippen molar-refractivity contribution >= 4 is 5.91 Å². The van der Waals surface area contributed by atoms with E-state index in [1.165, 1.54) is 11.1 Å². The lowest BCUT2D eigenvalue weighted by molar-refractivity contribution is -0.132. The number of rotatable bonds is 3. The van der Waals surface area contributed by atoms with Crippen molar-refractivity contribution in [1.82, 2.24) is 14.5 Å². The second kappa shape index (κ2) is 5.72. The summed E-state index contributed by atoms with van der Waals surface area (Å²) in [4.78, 5) is 18.5. The maximum absolute atomic E-state index is 12.2.